The monoisotopic (exact) mass is 680 g/mol. The van der Waals surface area contributed by atoms with Crippen molar-refractivity contribution in [2.45, 2.75) is 0 Å². The molecule has 0 saturated carbocycles. The van der Waals surface area contributed by atoms with E-state index in [0.29, 0.717) is 5.71 Å². The molecule has 3 aromatic heterocycles. The van der Waals surface area contributed by atoms with E-state index in [1.807, 2.05) is 17.5 Å². The van der Waals surface area contributed by atoms with E-state index in [1.165, 1.54) is 53.2 Å². The number of fused-ring (bicyclic) bond motifs is 11. The lowest BCUT2D eigenvalue weighted by atomic mass is 9.96. The van der Waals surface area contributed by atoms with Gasteiger partial charge in [-0.25, -0.2) is 9.97 Å². The fourth-order valence-corrected chi connectivity index (χ4v) is 9.29. The normalized spacial score (nSPS) is 11.8. The lowest BCUT2D eigenvalue weighted by Crippen LogP contribution is -1.88. The minimum Gasteiger partial charge on any atom is -0.436 e. The number of benzene rings is 8. The highest BCUT2D eigenvalue weighted by Gasteiger charge is 2.19. The van der Waals surface area contributed by atoms with Crippen molar-refractivity contribution in [3.05, 3.63) is 170 Å². The summed E-state index contributed by atoms with van der Waals surface area (Å²) in [5.41, 5.74) is 11.2. The summed E-state index contributed by atoms with van der Waals surface area (Å²) in [5, 5.41) is 8.16. The largest absolute Gasteiger partial charge is 0.436 e. The quantitative estimate of drug-likeness (QED) is 0.174. The molecule has 0 unspecified atom stereocenters. The summed E-state index contributed by atoms with van der Waals surface area (Å²) in [6.45, 7) is 0. The molecule has 3 heterocycles. The predicted molar refractivity (Wildman–Crippen MR) is 219 cm³/mol. The molecule has 0 saturated heterocycles. The van der Waals surface area contributed by atoms with Gasteiger partial charge in [0.1, 0.15) is 11.1 Å². The molecule has 3 nitrogen and oxygen atoms in total. The van der Waals surface area contributed by atoms with Gasteiger partial charge in [-0.15, -0.1) is 11.3 Å². The summed E-state index contributed by atoms with van der Waals surface area (Å²) in [4.78, 5) is 10.0. The van der Waals surface area contributed by atoms with Crippen LogP contribution in [-0.4, -0.2) is 9.97 Å². The first-order chi connectivity index (χ1) is 25.8. The van der Waals surface area contributed by atoms with Crippen molar-refractivity contribution in [3.63, 3.8) is 0 Å². The van der Waals surface area contributed by atoms with Gasteiger partial charge < -0.3 is 4.42 Å². The van der Waals surface area contributed by atoms with E-state index in [2.05, 4.69) is 164 Å². The third-order valence-corrected chi connectivity index (χ3v) is 11.6. The number of aromatic nitrogens is 2. The highest BCUT2D eigenvalue weighted by molar-refractivity contribution is 7.26. The topological polar surface area (TPSA) is 38.9 Å². The predicted octanol–water partition coefficient (Wildman–Crippen LogP) is 13.7. The van der Waals surface area contributed by atoms with Crippen molar-refractivity contribution >= 4 is 75.3 Å². The van der Waals surface area contributed by atoms with Gasteiger partial charge in [0.15, 0.2) is 0 Å². The van der Waals surface area contributed by atoms with E-state index in [-0.39, 0.29) is 0 Å². The molecular formula is C48H28N2OS. The Morgan fingerprint density at radius 1 is 0.423 bits per heavy atom. The maximum Gasteiger partial charge on any atom is 0.246 e. The second-order valence-electron chi connectivity index (χ2n) is 13.3. The van der Waals surface area contributed by atoms with E-state index < -0.39 is 0 Å². The Bertz CT molecular complexity index is 3190. The molecule has 0 amide bonds. The lowest BCUT2D eigenvalue weighted by molar-refractivity contribution is 0.657. The van der Waals surface area contributed by atoms with Gasteiger partial charge in [0, 0.05) is 31.1 Å². The van der Waals surface area contributed by atoms with Gasteiger partial charge in [-0.1, -0.05) is 152 Å². The van der Waals surface area contributed by atoms with Crippen LogP contribution in [0.1, 0.15) is 0 Å². The second kappa shape index (κ2) is 11.5. The van der Waals surface area contributed by atoms with Crippen LogP contribution in [0, 0.1) is 0 Å². The van der Waals surface area contributed by atoms with Gasteiger partial charge in [-0.05, 0) is 61.7 Å². The third kappa shape index (κ3) is 4.45. The van der Waals surface area contributed by atoms with Gasteiger partial charge in [0.2, 0.25) is 5.71 Å². The maximum atomic E-state index is 6.53. The molecule has 0 spiro atoms. The first kappa shape index (κ1) is 29.1. The average Bonchev–Trinajstić information content (AvgIpc) is 3.80. The lowest BCUT2D eigenvalue weighted by Gasteiger charge is -2.09. The molecular weight excluding hydrogens is 653 g/mol. The number of rotatable bonds is 4. The molecule has 0 aliphatic rings. The van der Waals surface area contributed by atoms with Crippen LogP contribution in [0.15, 0.2) is 174 Å². The molecule has 0 fully saturated rings. The zero-order valence-corrected chi connectivity index (χ0v) is 28.7. The van der Waals surface area contributed by atoms with Crippen LogP contribution in [0.4, 0.5) is 0 Å². The fourth-order valence-electron chi connectivity index (χ4n) is 7.92. The third-order valence-electron chi connectivity index (χ3n) is 10.3. The first-order valence-corrected chi connectivity index (χ1v) is 18.3. The number of thiophene rings is 1. The average molecular weight is 681 g/mol. The molecule has 8 aromatic carbocycles. The maximum absolute atomic E-state index is 6.53. The SMILES string of the molecule is c1ccc(-c2cccc3c2sc2c(-c4cccc(-c5cccc(-c6cnc7c(n6)oc6c8ccccc8c8ccccc8c76)c5)c4)cccc23)cc1. The van der Waals surface area contributed by atoms with Gasteiger partial charge in [-0.3, -0.25) is 0 Å². The first-order valence-electron chi connectivity index (χ1n) is 17.5. The van der Waals surface area contributed by atoms with Crippen molar-refractivity contribution in [2.75, 3.05) is 0 Å². The van der Waals surface area contributed by atoms with E-state index in [0.717, 1.165) is 49.6 Å². The minimum atomic E-state index is 0.549. The van der Waals surface area contributed by atoms with Gasteiger partial charge >= 0.3 is 0 Å². The Morgan fingerprint density at radius 2 is 0.942 bits per heavy atom. The van der Waals surface area contributed by atoms with Crippen molar-refractivity contribution < 1.29 is 4.42 Å². The molecule has 0 bridgehead atoms. The molecule has 0 aliphatic carbocycles. The van der Waals surface area contributed by atoms with Gasteiger partial charge in [-0.2, -0.15) is 0 Å². The molecule has 11 rings (SSSR count). The van der Waals surface area contributed by atoms with Crippen LogP contribution in [-0.2, 0) is 0 Å². The fraction of sp³-hybridized carbons (Fsp3) is 0. The zero-order chi connectivity index (χ0) is 34.2. The summed E-state index contributed by atoms with van der Waals surface area (Å²) in [7, 11) is 0. The van der Waals surface area contributed by atoms with E-state index >= 15 is 0 Å². The zero-order valence-electron chi connectivity index (χ0n) is 27.9. The van der Waals surface area contributed by atoms with Crippen LogP contribution in [0.5, 0.6) is 0 Å². The minimum absolute atomic E-state index is 0.549. The summed E-state index contributed by atoms with van der Waals surface area (Å²) in [6.07, 6.45) is 1.88. The van der Waals surface area contributed by atoms with Crippen LogP contribution in [0.25, 0.3) is 109 Å². The highest BCUT2D eigenvalue weighted by atomic mass is 32.1. The van der Waals surface area contributed by atoms with Crippen LogP contribution >= 0.6 is 11.3 Å². The molecule has 4 heteroatoms. The molecule has 0 atom stereocenters. The van der Waals surface area contributed by atoms with Gasteiger partial charge in [0.25, 0.3) is 0 Å². The van der Waals surface area contributed by atoms with E-state index in [1.54, 1.807) is 0 Å². The number of nitrogens with zero attached hydrogens (tertiary/aromatic N) is 2. The molecule has 11 aromatic rings. The standard InChI is InChI=1S/C48H28N2OS/c1-2-12-29(13-3-1)34-22-10-24-40-41-25-11-23-35(47(41)52-46(34)40)32-16-8-14-30(26-32)31-15-9-17-33(27-31)42-28-49-44-43-38-20-6-4-18-36(38)37-19-5-7-21-39(37)45(43)51-48(44)50-42/h1-28H. The summed E-state index contributed by atoms with van der Waals surface area (Å²) >= 11 is 1.89. The Morgan fingerprint density at radius 3 is 1.67 bits per heavy atom. The van der Waals surface area contributed by atoms with Crippen LogP contribution < -0.4 is 0 Å². The summed E-state index contributed by atoms with van der Waals surface area (Å²) in [6, 6.07) is 58.4. The number of hydrogen-bond acceptors (Lipinski definition) is 4. The van der Waals surface area contributed by atoms with Crippen LogP contribution in [0.2, 0.25) is 0 Å². The Balaban J connectivity index is 1.01. The number of furan rings is 1. The van der Waals surface area contributed by atoms with Crippen LogP contribution in [0.3, 0.4) is 0 Å². The summed E-state index contributed by atoms with van der Waals surface area (Å²) < 4.78 is 9.16. The van der Waals surface area contributed by atoms with Crippen molar-refractivity contribution in [1.29, 1.82) is 0 Å². The second-order valence-corrected chi connectivity index (χ2v) is 14.3. The van der Waals surface area contributed by atoms with Crippen molar-refractivity contribution in [2.24, 2.45) is 0 Å². The Hall–Kier alpha value is -6.62. The number of hydrogen-bond donors (Lipinski definition) is 0. The molecule has 0 N–H and O–H groups in total. The molecule has 242 valence electrons. The van der Waals surface area contributed by atoms with E-state index in [9.17, 15) is 0 Å². The highest BCUT2D eigenvalue weighted by Crippen LogP contribution is 2.44. The molecule has 0 radical (unpaired) electrons. The Labute approximate surface area is 303 Å². The smallest absolute Gasteiger partial charge is 0.246 e. The summed E-state index contributed by atoms with van der Waals surface area (Å²) in [5.74, 6) is 0. The van der Waals surface area contributed by atoms with Gasteiger partial charge in [0.05, 0.1) is 17.3 Å². The molecule has 0 aliphatic heterocycles. The van der Waals surface area contributed by atoms with Crippen molar-refractivity contribution in [1.82, 2.24) is 9.97 Å². The van der Waals surface area contributed by atoms with E-state index in [4.69, 9.17) is 14.4 Å². The molecule has 52 heavy (non-hydrogen) atoms. The Kier molecular flexibility index (Phi) is 6.42. The van der Waals surface area contributed by atoms with Crippen molar-refractivity contribution in [3.8, 4) is 44.6 Å².